The van der Waals surface area contributed by atoms with Gasteiger partial charge in [-0.3, -0.25) is 14.5 Å². The van der Waals surface area contributed by atoms with Gasteiger partial charge in [0.05, 0.1) is 11.6 Å². The minimum absolute atomic E-state index is 0.210. The van der Waals surface area contributed by atoms with Crippen molar-refractivity contribution in [2.75, 3.05) is 19.6 Å². The van der Waals surface area contributed by atoms with E-state index in [-0.39, 0.29) is 12.5 Å². The zero-order chi connectivity index (χ0) is 18.0. The highest BCUT2D eigenvalue weighted by atomic mass is 16.2. The van der Waals surface area contributed by atoms with E-state index in [1.54, 1.807) is 36.1 Å². The monoisotopic (exact) mass is 340 g/mol. The molecule has 1 N–H and O–H groups in total. The number of carbonyl (C=O) groups is 3. The second kappa shape index (κ2) is 6.55. The fraction of sp³-hybridized carbons (Fsp3) is 0.444. The normalized spacial score (nSPS) is 23.4. The Kier molecular flexibility index (Phi) is 4.45. The van der Waals surface area contributed by atoms with Crippen molar-refractivity contribution in [2.45, 2.75) is 31.7 Å². The van der Waals surface area contributed by atoms with Crippen molar-refractivity contribution < 1.29 is 14.4 Å². The van der Waals surface area contributed by atoms with Gasteiger partial charge in [-0.1, -0.05) is 12.1 Å². The van der Waals surface area contributed by atoms with Crippen LogP contribution in [0.5, 0.6) is 0 Å². The van der Waals surface area contributed by atoms with Crippen LogP contribution in [0.4, 0.5) is 4.79 Å². The molecular weight excluding hydrogens is 320 g/mol. The summed E-state index contributed by atoms with van der Waals surface area (Å²) >= 11 is 0. The first kappa shape index (κ1) is 17.0. The third kappa shape index (κ3) is 3.07. The van der Waals surface area contributed by atoms with Crippen molar-refractivity contribution >= 4 is 17.8 Å². The number of nitriles is 1. The molecule has 0 aromatic heterocycles. The van der Waals surface area contributed by atoms with Crippen LogP contribution in [0.25, 0.3) is 0 Å². The number of piperidine rings is 1. The molecule has 7 heteroatoms. The lowest BCUT2D eigenvalue weighted by Crippen LogP contribution is -2.45. The molecule has 0 radical (unpaired) electrons. The number of nitrogens with zero attached hydrogens (tertiary/aromatic N) is 3. The zero-order valence-electron chi connectivity index (χ0n) is 14.1. The Morgan fingerprint density at radius 3 is 2.68 bits per heavy atom. The summed E-state index contributed by atoms with van der Waals surface area (Å²) in [6, 6.07) is 8.00. The van der Waals surface area contributed by atoms with Gasteiger partial charge in [-0.05, 0) is 43.9 Å². The topological polar surface area (TPSA) is 93.5 Å². The van der Waals surface area contributed by atoms with Gasteiger partial charge in [-0.15, -0.1) is 0 Å². The largest absolute Gasteiger partial charge is 0.341 e. The van der Waals surface area contributed by atoms with Gasteiger partial charge in [0.25, 0.3) is 5.91 Å². The number of rotatable bonds is 3. The highest BCUT2D eigenvalue weighted by Crippen LogP contribution is 2.29. The summed E-state index contributed by atoms with van der Waals surface area (Å²) in [7, 11) is 0. The molecule has 25 heavy (non-hydrogen) atoms. The molecule has 1 atom stereocenters. The molecule has 2 aliphatic rings. The third-order valence-corrected chi connectivity index (χ3v) is 4.85. The maximum Gasteiger partial charge on any atom is 0.325 e. The molecule has 2 saturated heterocycles. The van der Waals surface area contributed by atoms with E-state index in [1.807, 2.05) is 6.07 Å². The second-order valence-electron chi connectivity index (χ2n) is 6.58. The Labute approximate surface area is 146 Å². The smallest absolute Gasteiger partial charge is 0.325 e. The Bertz CT molecular complexity index is 764. The first-order valence-corrected chi connectivity index (χ1v) is 8.38. The second-order valence-corrected chi connectivity index (χ2v) is 6.58. The molecule has 4 amide bonds. The van der Waals surface area contributed by atoms with E-state index < -0.39 is 17.5 Å². The van der Waals surface area contributed by atoms with Crippen LogP contribution in [-0.2, 0) is 15.1 Å². The van der Waals surface area contributed by atoms with Crippen LogP contribution in [0.2, 0.25) is 0 Å². The minimum atomic E-state index is -1.27. The summed E-state index contributed by atoms with van der Waals surface area (Å²) in [4.78, 5) is 40.2. The molecule has 1 aromatic rings. The van der Waals surface area contributed by atoms with Crippen LogP contribution in [0, 0.1) is 11.3 Å². The molecule has 2 heterocycles. The summed E-state index contributed by atoms with van der Waals surface area (Å²) < 4.78 is 0. The molecular formula is C18H20N4O3. The van der Waals surface area contributed by atoms with Crippen molar-refractivity contribution in [3.05, 3.63) is 35.4 Å². The Morgan fingerprint density at radius 2 is 2.00 bits per heavy atom. The van der Waals surface area contributed by atoms with Gasteiger partial charge in [0.15, 0.2) is 0 Å². The van der Waals surface area contributed by atoms with Gasteiger partial charge in [0.2, 0.25) is 5.91 Å². The van der Waals surface area contributed by atoms with Crippen LogP contribution in [-0.4, -0.2) is 47.3 Å². The summed E-state index contributed by atoms with van der Waals surface area (Å²) in [5, 5.41) is 11.7. The molecule has 2 aliphatic heterocycles. The Balaban J connectivity index is 1.79. The van der Waals surface area contributed by atoms with Gasteiger partial charge >= 0.3 is 6.03 Å². The van der Waals surface area contributed by atoms with Crippen LogP contribution in [0.15, 0.2) is 24.3 Å². The standard InChI is InChI=1S/C18H20N4O3/c1-18(14-7-5-6-13(10-14)11-19)16(24)22(17(25)20-18)12-15(23)21-8-3-2-4-9-21/h5-7,10H,2-4,8-9,12H2,1H3,(H,20,25)/t18-/m0/s1. The molecule has 1 aromatic carbocycles. The lowest BCUT2D eigenvalue weighted by Gasteiger charge is -2.28. The molecule has 0 saturated carbocycles. The fourth-order valence-corrected chi connectivity index (χ4v) is 3.31. The summed E-state index contributed by atoms with van der Waals surface area (Å²) in [5.74, 6) is -0.684. The molecule has 0 bridgehead atoms. The van der Waals surface area contributed by atoms with E-state index >= 15 is 0 Å². The minimum Gasteiger partial charge on any atom is -0.341 e. The molecule has 0 spiro atoms. The summed E-state index contributed by atoms with van der Waals surface area (Å²) in [6.07, 6.45) is 3.00. The van der Waals surface area contributed by atoms with Crippen LogP contribution < -0.4 is 5.32 Å². The van der Waals surface area contributed by atoms with E-state index in [0.29, 0.717) is 24.2 Å². The van der Waals surface area contributed by atoms with Gasteiger partial charge in [0, 0.05) is 13.1 Å². The number of urea groups is 1. The van der Waals surface area contributed by atoms with Crippen LogP contribution >= 0.6 is 0 Å². The van der Waals surface area contributed by atoms with Gasteiger partial charge in [-0.25, -0.2) is 4.79 Å². The van der Waals surface area contributed by atoms with Gasteiger partial charge in [-0.2, -0.15) is 5.26 Å². The molecule has 0 aliphatic carbocycles. The summed E-state index contributed by atoms with van der Waals surface area (Å²) in [5.41, 5.74) is -0.340. The van der Waals surface area contributed by atoms with E-state index in [1.165, 1.54) is 0 Å². The van der Waals surface area contributed by atoms with Crippen molar-refractivity contribution in [3.63, 3.8) is 0 Å². The lowest BCUT2D eigenvalue weighted by atomic mass is 9.91. The fourth-order valence-electron chi connectivity index (χ4n) is 3.31. The lowest BCUT2D eigenvalue weighted by molar-refractivity contribution is -0.139. The van der Waals surface area contributed by atoms with Crippen molar-refractivity contribution in [2.24, 2.45) is 0 Å². The van der Waals surface area contributed by atoms with Crippen LogP contribution in [0.3, 0.4) is 0 Å². The number of hydrogen-bond donors (Lipinski definition) is 1. The number of carbonyl (C=O) groups excluding carboxylic acids is 3. The average molecular weight is 340 g/mol. The highest BCUT2D eigenvalue weighted by Gasteiger charge is 2.49. The number of hydrogen-bond acceptors (Lipinski definition) is 4. The number of likely N-dealkylation sites (tertiary alicyclic amines) is 1. The predicted octanol–water partition coefficient (Wildman–Crippen LogP) is 1.34. The zero-order valence-corrected chi connectivity index (χ0v) is 14.1. The quantitative estimate of drug-likeness (QED) is 0.840. The van der Waals surface area contributed by atoms with Gasteiger partial charge < -0.3 is 10.2 Å². The third-order valence-electron chi connectivity index (χ3n) is 4.85. The molecule has 7 nitrogen and oxygen atoms in total. The number of benzene rings is 1. The van der Waals surface area contributed by atoms with E-state index in [4.69, 9.17) is 5.26 Å². The van der Waals surface area contributed by atoms with Crippen molar-refractivity contribution in [1.29, 1.82) is 5.26 Å². The van der Waals surface area contributed by atoms with Crippen molar-refractivity contribution in [3.8, 4) is 6.07 Å². The maximum absolute atomic E-state index is 12.8. The summed E-state index contributed by atoms with van der Waals surface area (Å²) in [6.45, 7) is 2.68. The number of nitrogens with one attached hydrogen (secondary N) is 1. The maximum atomic E-state index is 12.8. The van der Waals surface area contributed by atoms with Crippen LogP contribution in [0.1, 0.15) is 37.3 Å². The Hall–Kier alpha value is -2.88. The van der Waals surface area contributed by atoms with Gasteiger partial charge in [0.1, 0.15) is 12.1 Å². The first-order valence-electron chi connectivity index (χ1n) is 8.38. The highest BCUT2D eigenvalue weighted by molar-refractivity contribution is 6.09. The molecule has 130 valence electrons. The van der Waals surface area contributed by atoms with Crippen molar-refractivity contribution in [1.82, 2.24) is 15.1 Å². The number of imide groups is 1. The molecule has 2 fully saturated rings. The van der Waals surface area contributed by atoms with E-state index in [9.17, 15) is 14.4 Å². The Morgan fingerprint density at radius 1 is 1.28 bits per heavy atom. The van der Waals surface area contributed by atoms with E-state index in [0.717, 1.165) is 24.2 Å². The predicted molar refractivity (Wildman–Crippen MR) is 89.2 cm³/mol. The molecule has 0 unspecified atom stereocenters. The van der Waals surface area contributed by atoms with E-state index in [2.05, 4.69) is 5.32 Å². The first-order chi connectivity index (χ1) is 12.0. The molecule has 3 rings (SSSR count). The SMILES string of the molecule is C[C@@]1(c2cccc(C#N)c2)NC(=O)N(CC(=O)N2CCCCC2)C1=O. The number of amides is 4. The average Bonchev–Trinajstić information content (AvgIpc) is 2.86.